The predicted octanol–water partition coefficient (Wildman–Crippen LogP) is -0.532. The van der Waals surface area contributed by atoms with Crippen LogP contribution in [0.2, 0.25) is 0 Å². The number of amidine groups is 1. The average Bonchev–Trinajstić information content (AvgIpc) is 1.65. The highest BCUT2D eigenvalue weighted by molar-refractivity contribution is 5.75. The van der Waals surface area contributed by atoms with Gasteiger partial charge in [-0.15, -0.1) is 0 Å². The van der Waals surface area contributed by atoms with E-state index >= 15 is 0 Å². The first kappa shape index (κ1) is 15.9. The Kier molecular flexibility index (Phi) is 17.0. The van der Waals surface area contributed by atoms with Crippen LogP contribution in [0, 0.1) is 5.41 Å². The summed E-state index contributed by atoms with van der Waals surface area (Å²) in [5, 5.41) is 6.28. The number of nitrogens with one attached hydrogen (secondary N) is 1. The molecule has 0 aromatic carbocycles. The van der Waals surface area contributed by atoms with Gasteiger partial charge in [0.2, 0.25) is 0 Å². The zero-order valence-electron chi connectivity index (χ0n) is 5.68. The first-order chi connectivity index (χ1) is 4.00. The summed E-state index contributed by atoms with van der Waals surface area (Å²) in [5.41, 5.74) is 14.3. The fraction of sp³-hybridized carbons (Fsp3) is 0.600. The van der Waals surface area contributed by atoms with Crippen LogP contribution in [0.25, 0.3) is 0 Å². The van der Waals surface area contributed by atoms with Crippen LogP contribution in [-0.4, -0.2) is 18.8 Å². The molecule has 5 heteroatoms. The van der Waals surface area contributed by atoms with Crippen molar-refractivity contribution in [2.24, 2.45) is 22.2 Å². The minimum absolute atomic E-state index is 0. The van der Waals surface area contributed by atoms with Crippen LogP contribution in [0.3, 0.4) is 0 Å². The number of nitrogens with zero attached hydrogens (tertiary/aromatic N) is 1. The third-order valence-electron chi connectivity index (χ3n) is 0.258. The summed E-state index contributed by atoms with van der Waals surface area (Å²) in [7, 11) is 1.54. The van der Waals surface area contributed by atoms with Crippen LogP contribution in [0.4, 0.5) is 0 Å². The smallest absolute Gasteiger partial charge is 0.185 e. The SMILES string of the molecule is C.CC(=N)N.CN=C(N)N. The third-order valence-corrected chi connectivity index (χ3v) is 0.258. The summed E-state index contributed by atoms with van der Waals surface area (Å²) >= 11 is 0. The minimum atomic E-state index is 0. The van der Waals surface area contributed by atoms with E-state index in [1.165, 1.54) is 14.0 Å². The highest BCUT2D eigenvalue weighted by Gasteiger charge is 1.61. The molecule has 0 aliphatic rings. The molecule has 0 aliphatic heterocycles. The topological polar surface area (TPSA) is 114 Å². The molecule has 0 aliphatic carbocycles. The molecule has 0 amide bonds. The van der Waals surface area contributed by atoms with Crippen molar-refractivity contribution in [3.8, 4) is 0 Å². The molecule has 0 rings (SSSR count). The van der Waals surface area contributed by atoms with Gasteiger partial charge in [-0.3, -0.25) is 10.4 Å². The van der Waals surface area contributed by atoms with Crippen molar-refractivity contribution in [1.82, 2.24) is 0 Å². The lowest BCUT2D eigenvalue weighted by Crippen LogP contribution is -2.21. The van der Waals surface area contributed by atoms with Gasteiger partial charge in [0, 0.05) is 7.05 Å². The van der Waals surface area contributed by atoms with Crippen molar-refractivity contribution >= 4 is 11.8 Å². The average molecular weight is 147 g/mol. The number of aliphatic imine (C=N–C) groups is 1. The molecular formula is C5H17N5. The molecule has 10 heavy (non-hydrogen) atoms. The van der Waals surface area contributed by atoms with Crippen molar-refractivity contribution in [3.05, 3.63) is 0 Å². The number of hydrogen-bond donors (Lipinski definition) is 4. The highest BCUT2D eigenvalue weighted by Crippen LogP contribution is 1.40. The molecule has 0 unspecified atom stereocenters. The third kappa shape index (κ3) is 406. The van der Waals surface area contributed by atoms with E-state index < -0.39 is 0 Å². The number of guanidine groups is 1. The molecule has 0 heterocycles. The van der Waals surface area contributed by atoms with Crippen molar-refractivity contribution in [2.75, 3.05) is 7.05 Å². The van der Waals surface area contributed by atoms with Gasteiger partial charge in [0.15, 0.2) is 5.96 Å². The maximum absolute atomic E-state index is 6.28. The Bertz CT molecular complexity index is 98.6. The molecule has 0 atom stereocenters. The Morgan fingerprint density at radius 2 is 1.40 bits per heavy atom. The molecule has 7 N–H and O–H groups in total. The van der Waals surface area contributed by atoms with E-state index in [0.29, 0.717) is 0 Å². The molecule has 0 spiro atoms. The van der Waals surface area contributed by atoms with E-state index in [2.05, 4.69) is 4.99 Å². The van der Waals surface area contributed by atoms with Crippen LogP contribution in [0.1, 0.15) is 14.4 Å². The van der Waals surface area contributed by atoms with Crippen molar-refractivity contribution in [2.45, 2.75) is 14.4 Å². The van der Waals surface area contributed by atoms with E-state index in [4.69, 9.17) is 22.6 Å². The van der Waals surface area contributed by atoms with Gasteiger partial charge in [-0.2, -0.15) is 0 Å². The summed E-state index contributed by atoms with van der Waals surface area (Å²) in [6.45, 7) is 1.53. The maximum Gasteiger partial charge on any atom is 0.185 e. The Labute approximate surface area is 61.8 Å². The van der Waals surface area contributed by atoms with Crippen molar-refractivity contribution < 1.29 is 0 Å². The van der Waals surface area contributed by atoms with Crippen LogP contribution >= 0.6 is 0 Å². The standard InChI is InChI=1S/C2H7N3.C2H6N2.CH4/c1-5-2(3)4;1-2(3)4;/h1H3,(H4,3,4,5);1H3,(H3,3,4);1H4. The van der Waals surface area contributed by atoms with E-state index in [9.17, 15) is 0 Å². The van der Waals surface area contributed by atoms with Gasteiger partial charge >= 0.3 is 0 Å². The molecule has 0 saturated carbocycles. The molecule has 62 valence electrons. The highest BCUT2D eigenvalue weighted by atomic mass is 15.0. The fourth-order valence-corrected chi connectivity index (χ4v) is 0. The minimum Gasteiger partial charge on any atom is -0.388 e. The van der Waals surface area contributed by atoms with Crippen LogP contribution in [0.5, 0.6) is 0 Å². The van der Waals surface area contributed by atoms with E-state index in [0.717, 1.165) is 0 Å². The molecule has 5 nitrogen and oxygen atoms in total. The summed E-state index contributed by atoms with van der Waals surface area (Å²) in [4.78, 5) is 3.36. The summed E-state index contributed by atoms with van der Waals surface area (Å²) < 4.78 is 0. The van der Waals surface area contributed by atoms with E-state index in [1.54, 1.807) is 0 Å². The Morgan fingerprint density at radius 3 is 1.40 bits per heavy atom. The van der Waals surface area contributed by atoms with Gasteiger partial charge in [0.05, 0.1) is 5.84 Å². The normalized spacial score (nSPS) is 5.80. The van der Waals surface area contributed by atoms with Crippen molar-refractivity contribution in [1.29, 1.82) is 5.41 Å². The lowest BCUT2D eigenvalue weighted by molar-refractivity contribution is 1.36. The van der Waals surface area contributed by atoms with Gasteiger partial charge in [-0.1, -0.05) is 7.43 Å². The number of rotatable bonds is 0. The second kappa shape index (κ2) is 10.7. The molecule has 0 aromatic heterocycles. The van der Waals surface area contributed by atoms with Crippen LogP contribution in [0.15, 0.2) is 4.99 Å². The monoisotopic (exact) mass is 147 g/mol. The largest absolute Gasteiger partial charge is 0.388 e. The molecule has 0 radical (unpaired) electrons. The quantitative estimate of drug-likeness (QED) is 0.272. The van der Waals surface area contributed by atoms with Gasteiger partial charge in [0.25, 0.3) is 0 Å². The second-order valence-corrected chi connectivity index (χ2v) is 1.33. The van der Waals surface area contributed by atoms with Gasteiger partial charge < -0.3 is 17.2 Å². The lowest BCUT2D eigenvalue weighted by atomic mass is 10.8. The Balaban J connectivity index is -0.0000000910. The molecule has 0 fully saturated rings. The number of nitrogens with two attached hydrogens (primary N) is 3. The van der Waals surface area contributed by atoms with Gasteiger partial charge in [-0.05, 0) is 6.92 Å². The molecular weight excluding hydrogens is 130 g/mol. The molecule has 0 saturated heterocycles. The fourth-order valence-electron chi connectivity index (χ4n) is 0. The maximum atomic E-state index is 6.28. The van der Waals surface area contributed by atoms with Crippen LogP contribution < -0.4 is 17.2 Å². The lowest BCUT2D eigenvalue weighted by Gasteiger charge is -1.77. The van der Waals surface area contributed by atoms with E-state index in [-0.39, 0.29) is 19.2 Å². The summed E-state index contributed by atoms with van der Waals surface area (Å²) in [6, 6.07) is 0. The predicted molar refractivity (Wildman–Crippen MR) is 46.1 cm³/mol. The first-order valence-electron chi connectivity index (χ1n) is 2.29. The van der Waals surface area contributed by atoms with E-state index in [1.807, 2.05) is 0 Å². The Hall–Kier alpha value is -1.26. The molecule has 0 bridgehead atoms. The summed E-state index contributed by atoms with van der Waals surface area (Å²) in [5.74, 6) is 0.296. The zero-order chi connectivity index (χ0) is 7.86. The second-order valence-electron chi connectivity index (χ2n) is 1.33. The zero-order valence-corrected chi connectivity index (χ0v) is 5.68. The Morgan fingerprint density at radius 1 is 1.30 bits per heavy atom. The van der Waals surface area contributed by atoms with Gasteiger partial charge in [0.1, 0.15) is 0 Å². The first-order valence-corrected chi connectivity index (χ1v) is 2.29. The van der Waals surface area contributed by atoms with Crippen LogP contribution in [-0.2, 0) is 0 Å². The van der Waals surface area contributed by atoms with Gasteiger partial charge in [-0.25, -0.2) is 0 Å². The number of hydrogen-bond acceptors (Lipinski definition) is 2. The molecule has 0 aromatic rings. The summed E-state index contributed by atoms with van der Waals surface area (Å²) in [6.07, 6.45) is 0. The van der Waals surface area contributed by atoms with Crippen molar-refractivity contribution in [3.63, 3.8) is 0 Å².